The molecule has 0 spiro atoms. The van der Waals surface area contributed by atoms with E-state index < -0.39 is 5.97 Å². The molecule has 0 saturated carbocycles. The normalized spacial score (nSPS) is 11.4. The minimum Gasteiger partial charge on any atom is -0.481 e. The van der Waals surface area contributed by atoms with Crippen LogP contribution in [0.15, 0.2) is 59.5 Å². The number of aryl methyl sites for hydroxylation is 3. The van der Waals surface area contributed by atoms with Gasteiger partial charge >= 0.3 is 5.97 Å². The number of hydrogen-bond donors (Lipinski definition) is 1. The Morgan fingerprint density at radius 3 is 2.66 bits per heavy atom. The molecule has 0 aliphatic rings. The molecule has 3 aromatic carbocycles. The fourth-order valence-corrected chi connectivity index (χ4v) is 5.19. The highest BCUT2D eigenvalue weighted by Gasteiger charge is 2.19. The van der Waals surface area contributed by atoms with Gasteiger partial charge in [0.1, 0.15) is 0 Å². The van der Waals surface area contributed by atoms with Gasteiger partial charge in [-0.3, -0.25) is 4.79 Å². The highest BCUT2D eigenvalue weighted by atomic mass is 35.5. The van der Waals surface area contributed by atoms with E-state index in [0.717, 1.165) is 39.5 Å². The number of aromatic nitrogens is 1. The first kappa shape index (κ1) is 19.9. The fourth-order valence-electron chi connectivity index (χ4n) is 4.18. The molecule has 29 heavy (non-hydrogen) atoms. The molecule has 1 N–H and O–H groups in total. The predicted octanol–water partition coefficient (Wildman–Crippen LogP) is 6.35. The molecule has 148 valence electrons. The summed E-state index contributed by atoms with van der Waals surface area (Å²) in [5, 5.41) is 12.6. The van der Waals surface area contributed by atoms with E-state index >= 15 is 0 Å². The largest absolute Gasteiger partial charge is 0.481 e. The molecule has 0 unspecified atom stereocenters. The molecule has 1 heterocycles. The zero-order valence-corrected chi connectivity index (χ0v) is 18.0. The van der Waals surface area contributed by atoms with Gasteiger partial charge < -0.3 is 9.67 Å². The van der Waals surface area contributed by atoms with Gasteiger partial charge in [0.25, 0.3) is 0 Å². The molecule has 1 aromatic heterocycles. The third-order valence-electron chi connectivity index (χ3n) is 5.32. The van der Waals surface area contributed by atoms with Crippen molar-refractivity contribution in [3.8, 4) is 0 Å². The smallest absolute Gasteiger partial charge is 0.307 e. The van der Waals surface area contributed by atoms with Gasteiger partial charge in [0.2, 0.25) is 0 Å². The van der Waals surface area contributed by atoms with Crippen molar-refractivity contribution < 1.29 is 9.90 Å². The van der Waals surface area contributed by atoms with Gasteiger partial charge in [-0.25, -0.2) is 0 Å². The molecule has 5 heteroatoms. The van der Waals surface area contributed by atoms with Gasteiger partial charge in [-0.15, -0.1) is 11.8 Å². The van der Waals surface area contributed by atoms with Crippen LogP contribution in [0.5, 0.6) is 0 Å². The van der Waals surface area contributed by atoms with Crippen LogP contribution in [0, 0.1) is 6.92 Å². The Kier molecular flexibility index (Phi) is 5.57. The van der Waals surface area contributed by atoms with Crippen molar-refractivity contribution in [2.75, 3.05) is 6.26 Å². The molecule has 4 aromatic rings. The number of para-hydroxylation sites is 1. The second kappa shape index (κ2) is 8.13. The maximum Gasteiger partial charge on any atom is 0.307 e. The Bertz CT molecular complexity index is 1230. The number of halogens is 1. The van der Waals surface area contributed by atoms with Crippen LogP contribution in [0.4, 0.5) is 0 Å². The van der Waals surface area contributed by atoms with Crippen LogP contribution in [0.1, 0.15) is 16.7 Å². The second-order valence-corrected chi connectivity index (χ2v) is 8.48. The number of benzene rings is 3. The van der Waals surface area contributed by atoms with Crippen molar-refractivity contribution in [2.24, 2.45) is 0 Å². The van der Waals surface area contributed by atoms with E-state index in [-0.39, 0.29) is 6.42 Å². The van der Waals surface area contributed by atoms with Crippen LogP contribution in [0.25, 0.3) is 21.8 Å². The van der Waals surface area contributed by atoms with Crippen LogP contribution in [-0.2, 0) is 24.2 Å². The molecule has 0 fully saturated rings. The molecule has 0 radical (unpaired) electrons. The van der Waals surface area contributed by atoms with E-state index in [1.165, 1.54) is 21.9 Å². The maximum absolute atomic E-state index is 11.5. The van der Waals surface area contributed by atoms with Gasteiger partial charge in [0, 0.05) is 32.8 Å². The van der Waals surface area contributed by atoms with E-state index in [9.17, 15) is 9.90 Å². The summed E-state index contributed by atoms with van der Waals surface area (Å²) < 4.78 is 2.34. The zero-order chi connectivity index (χ0) is 20.5. The molecular formula is C24H22ClNO2S. The average Bonchev–Trinajstić information content (AvgIpc) is 3.01. The molecule has 4 rings (SSSR count). The minimum atomic E-state index is -0.805. The molecule has 0 bridgehead atoms. The minimum absolute atomic E-state index is 0.0305. The summed E-state index contributed by atoms with van der Waals surface area (Å²) in [4.78, 5) is 12.5. The summed E-state index contributed by atoms with van der Waals surface area (Å²) in [6.07, 6.45) is 2.90. The summed E-state index contributed by atoms with van der Waals surface area (Å²) in [6, 6.07) is 18.4. The summed E-state index contributed by atoms with van der Waals surface area (Å²) in [5.41, 5.74) is 5.49. The summed E-state index contributed by atoms with van der Waals surface area (Å²) in [5.74, 6) is -0.805. The van der Waals surface area contributed by atoms with E-state index in [4.69, 9.17) is 11.6 Å². The lowest BCUT2D eigenvalue weighted by molar-refractivity contribution is -0.136. The summed E-state index contributed by atoms with van der Waals surface area (Å²) in [7, 11) is 0. The monoisotopic (exact) mass is 423 g/mol. The number of carboxylic acid groups (broad SMARTS) is 1. The van der Waals surface area contributed by atoms with Gasteiger partial charge in [0.15, 0.2) is 0 Å². The topological polar surface area (TPSA) is 42.2 Å². The van der Waals surface area contributed by atoms with Crippen LogP contribution in [0.3, 0.4) is 0 Å². The predicted molar refractivity (Wildman–Crippen MR) is 122 cm³/mol. The van der Waals surface area contributed by atoms with Gasteiger partial charge in [-0.2, -0.15) is 0 Å². The maximum atomic E-state index is 11.5. The van der Waals surface area contributed by atoms with Gasteiger partial charge in [0.05, 0.1) is 11.9 Å². The van der Waals surface area contributed by atoms with E-state index in [1.54, 1.807) is 11.8 Å². The number of hydrogen-bond acceptors (Lipinski definition) is 2. The van der Waals surface area contributed by atoms with E-state index in [2.05, 4.69) is 41.8 Å². The first-order valence-corrected chi connectivity index (χ1v) is 11.1. The summed E-state index contributed by atoms with van der Waals surface area (Å²) in [6.45, 7) is 2.87. The molecule has 0 saturated heterocycles. The quantitative estimate of drug-likeness (QED) is 0.367. The number of aliphatic carboxylic acids is 1. The third-order valence-corrected chi connectivity index (χ3v) is 6.42. The Hall–Kier alpha value is -2.43. The van der Waals surface area contributed by atoms with Crippen molar-refractivity contribution in [3.63, 3.8) is 0 Å². The highest BCUT2D eigenvalue weighted by molar-refractivity contribution is 7.98. The van der Waals surface area contributed by atoms with Crippen molar-refractivity contribution in [3.05, 3.63) is 76.3 Å². The molecule has 0 aliphatic heterocycles. The Morgan fingerprint density at radius 2 is 1.93 bits per heavy atom. The first-order chi connectivity index (χ1) is 14.0. The van der Waals surface area contributed by atoms with Crippen LogP contribution in [0.2, 0.25) is 5.02 Å². The Balaban J connectivity index is 1.94. The van der Waals surface area contributed by atoms with Crippen LogP contribution in [-0.4, -0.2) is 21.9 Å². The standard InChI is InChI=1S/C24H22ClNO2S/c1-15-12-17(14-21(27)28)24(29-2)23-22(15)19-8-3-4-9-20(19)26(23)11-10-16-6-5-7-18(25)13-16/h3-9,12-13H,10-11,14H2,1-2H3,(H,27,28). The number of nitrogens with zero attached hydrogens (tertiary/aromatic N) is 1. The lowest BCUT2D eigenvalue weighted by atomic mass is 10.0. The lowest BCUT2D eigenvalue weighted by Crippen LogP contribution is -2.06. The third kappa shape index (κ3) is 3.75. The SMILES string of the molecule is CSc1c(CC(=O)O)cc(C)c2c3ccccc3n(CCc3cccc(Cl)c3)c12. The number of rotatable bonds is 6. The van der Waals surface area contributed by atoms with Gasteiger partial charge in [-0.1, -0.05) is 48.0 Å². The lowest BCUT2D eigenvalue weighted by Gasteiger charge is -2.14. The number of carboxylic acids is 1. The van der Waals surface area contributed by atoms with Crippen molar-refractivity contribution >= 4 is 51.1 Å². The fraction of sp³-hybridized carbons (Fsp3) is 0.208. The number of carbonyl (C=O) groups is 1. The van der Waals surface area contributed by atoms with E-state index in [1.807, 2.05) is 30.5 Å². The molecule has 0 aliphatic carbocycles. The van der Waals surface area contributed by atoms with Crippen LogP contribution >= 0.6 is 23.4 Å². The number of fused-ring (bicyclic) bond motifs is 3. The highest BCUT2D eigenvalue weighted by Crippen LogP contribution is 2.39. The van der Waals surface area contributed by atoms with Crippen LogP contribution < -0.4 is 0 Å². The zero-order valence-electron chi connectivity index (χ0n) is 16.4. The van der Waals surface area contributed by atoms with Crippen molar-refractivity contribution in [1.82, 2.24) is 4.57 Å². The molecule has 0 atom stereocenters. The Labute approximate surface area is 179 Å². The van der Waals surface area contributed by atoms with Crippen molar-refractivity contribution in [2.45, 2.75) is 31.2 Å². The molecular weight excluding hydrogens is 402 g/mol. The summed E-state index contributed by atoms with van der Waals surface area (Å²) >= 11 is 7.79. The number of thioether (sulfide) groups is 1. The second-order valence-electron chi connectivity index (χ2n) is 7.23. The van der Waals surface area contributed by atoms with Crippen molar-refractivity contribution in [1.29, 1.82) is 0 Å². The van der Waals surface area contributed by atoms with Gasteiger partial charge in [-0.05, 0) is 54.5 Å². The first-order valence-electron chi connectivity index (χ1n) is 9.53. The van der Waals surface area contributed by atoms with E-state index in [0.29, 0.717) is 0 Å². The molecule has 3 nitrogen and oxygen atoms in total. The molecule has 0 amide bonds. The average molecular weight is 424 g/mol. The Morgan fingerprint density at radius 1 is 1.14 bits per heavy atom.